The first-order valence-electron chi connectivity index (χ1n) is 5.03. The van der Waals surface area contributed by atoms with Gasteiger partial charge in [-0.05, 0) is 30.3 Å². The highest BCUT2D eigenvalue weighted by Crippen LogP contribution is 2.34. The fourth-order valence-electron chi connectivity index (χ4n) is 1.45. The van der Waals surface area contributed by atoms with Crippen molar-refractivity contribution in [1.29, 1.82) is 0 Å². The fourth-order valence-corrected chi connectivity index (χ4v) is 3.05. The van der Waals surface area contributed by atoms with Gasteiger partial charge in [0.15, 0.2) is 0 Å². The van der Waals surface area contributed by atoms with Gasteiger partial charge in [0, 0.05) is 14.8 Å². The van der Waals surface area contributed by atoms with Gasteiger partial charge >= 0.3 is 5.97 Å². The Morgan fingerprint density at radius 3 is 2.50 bits per heavy atom. The smallest absolute Gasteiger partial charge is 0.338 e. The molecule has 0 aliphatic carbocycles. The van der Waals surface area contributed by atoms with Crippen LogP contribution in [-0.4, -0.2) is 11.1 Å². The van der Waals surface area contributed by atoms with Gasteiger partial charge in [-0.3, -0.25) is 0 Å². The molecule has 0 aliphatic rings. The van der Waals surface area contributed by atoms with E-state index in [1.54, 1.807) is 30.3 Å². The Morgan fingerprint density at radius 2 is 1.83 bits per heavy atom. The minimum atomic E-state index is -1.04. The first-order valence-corrected chi connectivity index (χ1v) is 6.60. The number of hydrogen-bond donors (Lipinski definition) is 1. The molecule has 0 aromatic heterocycles. The third-order valence-corrected chi connectivity index (χ3v) is 3.81. The largest absolute Gasteiger partial charge is 0.478 e. The van der Waals surface area contributed by atoms with Crippen LogP contribution in [0, 0.1) is 0 Å². The van der Waals surface area contributed by atoms with Crippen molar-refractivity contribution >= 4 is 40.9 Å². The molecular formula is C13H8Cl2O2S. The molecule has 92 valence electrons. The molecule has 0 saturated carbocycles. The number of rotatable bonds is 3. The minimum absolute atomic E-state index is 0.115. The summed E-state index contributed by atoms with van der Waals surface area (Å²) in [6, 6.07) is 12.2. The maximum absolute atomic E-state index is 11.2. The molecule has 0 atom stereocenters. The van der Waals surface area contributed by atoms with Crippen molar-refractivity contribution in [3.63, 3.8) is 0 Å². The second-order valence-corrected chi connectivity index (χ2v) is 5.44. The summed E-state index contributed by atoms with van der Waals surface area (Å²) in [6.07, 6.45) is 0. The van der Waals surface area contributed by atoms with Crippen LogP contribution in [0.5, 0.6) is 0 Å². The van der Waals surface area contributed by atoms with E-state index in [0.29, 0.717) is 9.92 Å². The van der Waals surface area contributed by atoms with Gasteiger partial charge in [0.25, 0.3) is 0 Å². The van der Waals surface area contributed by atoms with E-state index in [4.69, 9.17) is 28.3 Å². The van der Waals surface area contributed by atoms with Gasteiger partial charge in [0.05, 0.1) is 10.6 Å². The van der Waals surface area contributed by atoms with Gasteiger partial charge in [-0.2, -0.15) is 0 Å². The van der Waals surface area contributed by atoms with Crippen molar-refractivity contribution in [3.05, 3.63) is 58.1 Å². The lowest BCUT2D eigenvalue weighted by molar-refractivity contribution is 0.0693. The van der Waals surface area contributed by atoms with E-state index in [1.807, 2.05) is 12.1 Å². The topological polar surface area (TPSA) is 37.3 Å². The Bertz CT molecular complexity index is 599. The number of carboxylic acid groups (broad SMARTS) is 1. The number of carboxylic acids is 1. The summed E-state index contributed by atoms with van der Waals surface area (Å²) >= 11 is 13.1. The van der Waals surface area contributed by atoms with Crippen LogP contribution >= 0.6 is 35.0 Å². The van der Waals surface area contributed by atoms with Crippen LogP contribution in [-0.2, 0) is 0 Å². The summed E-state index contributed by atoms with van der Waals surface area (Å²) in [5.41, 5.74) is 0.115. The Balaban J connectivity index is 2.40. The molecular weight excluding hydrogens is 291 g/mol. The van der Waals surface area contributed by atoms with Crippen molar-refractivity contribution in [2.45, 2.75) is 9.79 Å². The normalized spacial score (nSPS) is 10.3. The zero-order valence-electron chi connectivity index (χ0n) is 9.06. The molecule has 0 saturated heterocycles. The molecule has 5 heteroatoms. The van der Waals surface area contributed by atoms with Crippen LogP contribution in [0.4, 0.5) is 0 Å². The van der Waals surface area contributed by atoms with Crippen molar-refractivity contribution in [2.75, 3.05) is 0 Å². The summed E-state index contributed by atoms with van der Waals surface area (Å²) < 4.78 is 0. The number of hydrogen-bond acceptors (Lipinski definition) is 2. The van der Waals surface area contributed by atoms with Crippen LogP contribution in [0.25, 0.3) is 0 Å². The average molecular weight is 299 g/mol. The molecule has 18 heavy (non-hydrogen) atoms. The third-order valence-electron chi connectivity index (χ3n) is 2.21. The fraction of sp³-hybridized carbons (Fsp3) is 0. The van der Waals surface area contributed by atoms with Crippen molar-refractivity contribution in [1.82, 2.24) is 0 Å². The second kappa shape index (κ2) is 5.65. The van der Waals surface area contributed by atoms with Gasteiger partial charge in [-0.25, -0.2) is 4.79 Å². The van der Waals surface area contributed by atoms with Crippen molar-refractivity contribution in [3.8, 4) is 0 Å². The Labute approximate surface area is 119 Å². The lowest BCUT2D eigenvalue weighted by Gasteiger charge is -2.07. The summed E-state index contributed by atoms with van der Waals surface area (Å²) in [6.45, 7) is 0. The number of benzene rings is 2. The van der Waals surface area contributed by atoms with Crippen LogP contribution < -0.4 is 0 Å². The first-order chi connectivity index (χ1) is 8.58. The second-order valence-electron chi connectivity index (χ2n) is 3.48. The summed E-state index contributed by atoms with van der Waals surface area (Å²) in [7, 11) is 0. The Kier molecular flexibility index (Phi) is 4.17. The summed E-state index contributed by atoms with van der Waals surface area (Å²) in [5.74, 6) is -1.04. The van der Waals surface area contributed by atoms with Crippen LogP contribution in [0.1, 0.15) is 10.4 Å². The number of halogens is 2. The van der Waals surface area contributed by atoms with E-state index >= 15 is 0 Å². The molecule has 0 aliphatic heterocycles. The quantitative estimate of drug-likeness (QED) is 0.881. The van der Waals surface area contributed by atoms with Gasteiger partial charge < -0.3 is 5.11 Å². The third kappa shape index (κ3) is 2.99. The van der Waals surface area contributed by atoms with Crippen molar-refractivity contribution in [2.24, 2.45) is 0 Å². The molecule has 2 rings (SSSR count). The maximum Gasteiger partial charge on any atom is 0.338 e. The number of aromatic carboxylic acids is 1. The molecule has 2 aromatic rings. The molecule has 0 heterocycles. The summed E-state index contributed by atoms with van der Waals surface area (Å²) in [5, 5.41) is 10.00. The molecule has 0 amide bonds. The molecule has 0 bridgehead atoms. The molecule has 2 aromatic carbocycles. The predicted octanol–water partition coefficient (Wildman–Crippen LogP) is 4.84. The van der Waals surface area contributed by atoms with Crippen molar-refractivity contribution < 1.29 is 9.90 Å². The first kappa shape index (κ1) is 13.3. The molecule has 0 unspecified atom stereocenters. The molecule has 0 radical (unpaired) electrons. The van der Waals surface area contributed by atoms with Gasteiger partial charge in [0.1, 0.15) is 0 Å². The van der Waals surface area contributed by atoms with Gasteiger partial charge in [-0.15, -0.1) is 0 Å². The van der Waals surface area contributed by atoms with Gasteiger partial charge in [0.2, 0.25) is 0 Å². The molecule has 1 N–H and O–H groups in total. The predicted molar refractivity (Wildman–Crippen MR) is 74.0 cm³/mol. The van der Waals surface area contributed by atoms with Crippen LogP contribution in [0.15, 0.2) is 52.3 Å². The van der Waals surface area contributed by atoms with Crippen LogP contribution in [0.2, 0.25) is 10.0 Å². The minimum Gasteiger partial charge on any atom is -0.478 e. The van der Waals surface area contributed by atoms with E-state index in [0.717, 1.165) is 4.90 Å². The molecule has 2 nitrogen and oxygen atoms in total. The standard InChI is InChI=1S/C13H8Cl2O2S/c14-8-3-1-4-9(7-8)18-11-6-2-5-10(15)12(11)13(16)17/h1-7H,(H,16,17). The summed E-state index contributed by atoms with van der Waals surface area (Å²) in [4.78, 5) is 12.6. The molecule has 0 fully saturated rings. The van der Waals surface area contributed by atoms with E-state index in [1.165, 1.54) is 11.8 Å². The Hall–Kier alpha value is -1.16. The van der Waals surface area contributed by atoms with Crippen LogP contribution in [0.3, 0.4) is 0 Å². The highest BCUT2D eigenvalue weighted by Gasteiger charge is 2.15. The zero-order chi connectivity index (χ0) is 13.1. The highest BCUT2D eigenvalue weighted by molar-refractivity contribution is 7.99. The van der Waals surface area contributed by atoms with E-state index < -0.39 is 5.97 Å². The van der Waals surface area contributed by atoms with E-state index in [9.17, 15) is 4.79 Å². The Morgan fingerprint density at radius 1 is 1.11 bits per heavy atom. The number of carbonyl (C=O) groups is 1. The van der Waals surface area contributed by atoms with E-state index in [2.05, 4.69) is 0 Å². The SMILES string of the molecule is O=C(O)c1c(Cl)cccc1Sc1cccc(Cl)c1. The molecule has 0 spiro atoms. The maximum atomic E-state index is 11.2. The highest BCUT2D eigenvalue weighted by atomic mass is 35.5. The van der Waals surface area contributed by atoms with E-state index in [-0.39, 0.29) is 10.6 Å². The average Bonchev–Trinajstić information content (AvgIpc) is 2.28. The van der Waals surface area contributed by atoms with Gasteiger partial charge in [-0.1, -0.05) is 47.1 Å². The monoisotopic (exact) mass is 298 g/mol. The zero-order valence-corrected chi connectivity index (χ0v) is 11.4. The lowest BCUT2D eigenvalue weighted by atomic mass is 10.2. The lowest BCUT2D eigenvalue weighted by Crippen LogP contribution is -1.99.